The highest BCUT2D eigenvalue weighted by atomic mass is 16.5. The van der Waals surface area contributed by atoms with Crippen LogP contribution in [0.25, 0.3) is 0 Å². The first-order valence-electron chi connectivity index (χ1n) is 15.2. The van der Waals surface area contributed by atoms with Crippen molar-refractivity contribution in [1.29, 1.82) is 0 Å². The Kier molecular flexibility index (Phi) is 26.4. The molecule has 0 spiro atoms. The van der Waals surface area contributed by atoms with Gasteiger partial charge in [0, 0.05) is 13.2 Å². The third-order valence-electron chi connectivity index (χ3n) is 7.00. The molecule has 214 valence electrons. The third kappa shape index (κ3) is 24.8. The maximum absolute atomic E-state index is 10.8. The SMILES string of the molecule is CCCCCCCCCOCC(COCCCCCCCC/C=C\CCCCC(C)C(=O)O)N(C)C. The molecule has 0 aromatic rings. The number of aliphatic carboxylic acids is 1. The molecule has 1 N–H and O–H groups in total. The number of carboxylic acids is 1. The minimum Gasteiger partial charge on any atom is -0.481 e. The molecule has 0 heterocycles. The van der Waals surface area contributed by atoms with Crippen molar-refractivity contribution in [2.45, 2.75) is 135 Å². The van der Waals surface area contributed by atoms with E-state index in [1.165, 1.54) is 83.5 Å². The Balaban J connectivity index is 3.46. The van der Waals surface area contributed by atoms with Gasteiger partial charge in [0.1, 0.15) is 0 Å². The van der Waals surface area contributed by atoms with E-state index in [1.807, 2.05) is 0 Å². The maximum atomic E-state index is 10.8. The number of carbonyl (C=O) groups is 1. The quantitative estimate of drug-likeness (QED) is 0.0846. The van der Waals surface area contributed by atoms with Crippen LogP contribution >= 0.6 is 0 Å². The number of carboxylic acid groups (broad SMARTS) is 1. The Bertz CT molecular complexity index is 495. The molecule has 0 amide bonds. The molecule has 0 bridgehead atoms. The van der Waals surface area contributed by atoms with E-state index in [1.54, 1.807) is 6.92 Å². The van der Waals surface area contributed by atoms with Crippen molar-refractivity contribution in [1.82, 2.24) is 4.90 Å². The Morgan fingerprint density at radius 2 is 1.17 bits per heavy atom. The van der Waals surface area contributed by atoms with Gasteiger partial charge in [-0.15, -0.1) is 0 Å². The number of unbranched alkanes of at least 4 members (excludes halogenated alkanes) is 14. The van der Waals surface area contributed by atoms with E-state index in [0.717, 1.165) is 58.5 Å². The topological polar surface area (TPSA) is 59.0 Å². The van der Waals surface area contributed by atoms with Crippen molar-refractivity contribution >= 4 is 5.97 Å². The Labute approximate surface area is 224 Å². The lowest BCUT2D eigenvalue weighted by atomic mass is 10.0. The van der Waals surface area contributed by atoms with Gasteiger partial charge in [-0.2, -0.15) is 0 Å². The van der Waals surface area contributed by atoms with E-state index in [2.05, 4.69) is 38.1 Å². The number of allylic oxidation sites excluding steroid dienone is 2. The molecule has 5 heteroatoms. The largest absolute Gasteiger partial charge is 0.481 e. The summed E-state index contributed by atoms with van der Waals surface area (Å²) in [5, 5.41) is 8.88. The highest BCUT2D eigenvalue weighted by molar-refractivity contribution is 5.69. The van der Waals surface area contributed by atoms with Crippen molar-refractivity contribution in [2.24, 2.45) is 5.92 Å². The van der Waals surface area contributed by atoms with E-state index in [4.69, 9.17) is 14.6 Å². The smallest absolute Gasteiger partial charge is 0.306 e. The van der Waals surface area contributed by atoms with Crippen molar-refractivity contribution < 1.29 is 19.4 Å². The summed E-state index contributed by atoms with van der Waals surface area (Å²) in [6, 6.07) is 0.343. The van der Waals surface area contributed by atoms with Crippen LogP contribution in [-0.4, -0.2) is 62.5 Å². The first kappa shape index (κ1) is 35.1. The zero-order valence-electron chi connectivity index (χ0n) is 24.5. The molecule has 0 aliphatic heterocycles. The van der Waals surface area contributed by atoms with E-state index >= 15 is 0 Å². The van der Waals surface area contributed by atoms with Gasteiger partial charge in [0.15, 0.2) is 0 Å². The minimum atomic E-state index is -0.675. The maximum Gasteiger partial charge on any atom is 0.306 e. The number of likely N-dealkylation sites (N-methyl/N-ethyl adjacent to an activating group) is 1. The van der Waals surface area contributed by atoms with Gasteiger partial charge in [-0.1, -0.05) is 96.6 Å². The molecule has 0 aromatic carbocycles. The molecule has 2 unspecified atom stereocenters. The van der Waals surface area contributed by atoms with Crippen LogP contribution in [-0.2, 0) is 14.3 Å². The van der Waals surface area contributed by atoms with E-state index in [9.17, 15) is 4.79 Å². The zero-order chi connectivity index (χ0) is 26.7. The minimum absolute atomic E-state index is 0.209. The molecule has 0 radical (unpaired) electrons. The fraction of sp³-hybridized carbons (Fsp3) is 0.903. The second-order valence-electron chi connectivity index (χ2n) is 10.8. The molecule has 0 saturated heterocycles. The van der Waals surface area contributed by atoms with Gasteiger partial charge in [-0.05, 0) is 59.0 Å². The lowest BCUT2D eigenvalue weighted by Gasteiger charge is -2.24. The summed E-state index contributed by atoms with van der Waals surface area (Å²) < 4.78 is 11.9. The third-order valence-corrected chi connectivity index (χ3v) is 7.00. The number of rotatable bonds is 28. The van der Waals surface area contributed by atoms with Crippen LogP contribution < -0.4 is 0 Å². The fourth-order valence-corrected chi connectivity index (χ4v) is 4.19. The highest BCUT2D eigenvalue weighted by Gasteiger charge is 2.12. The van der Waals surface area contributed by atoms with Crippen LogP contribution in [0.1, 0.15) is 129 Å². The summed E-state index contributed by atoms with van der Waals surface area (Å²) in [5.41, 5.74) is 0. The lowest BCUT2D eigenvalue weighted by molar-refractivity contribution is -0.141. The molecule has 0 rings (SSSR count). The molecule has 5 nitrogen and oxygen atoms in total. The first-order chi connectivity index (χ1) is 17.5. The zero-order valence-corrected chi connectivity index (χ0v) is 24.5. The summed E-state index contributed by atoms with van der Waals surface area (Å²) in [5.74, 6) is -0.884. The highest BCUT2D eigenvalue weighted by Crippen LogP contribution is 2.11. The van der Waals surface area contributed by atoms with E-state index in [0.29, 0.717) is 6.04 Å². The summed E-state index contributed by atoms with van der Waals surface area (Å²) in [6.45, 7) is 7.32. The molecule has 0 fully saturated rings. The van der Waals surface area contributed by atoms with Crippen LogP contribution in [0.15, 0.2) is 12.2 Å². The Morgan fingerprint density at radius 3 is 1.64 bits per heavy atom. The van der Waals surface area contributed by atoms with Crippen molar-refractivity contribution in [2.75, 3.05) is 40.5 Å². The van der Waals surface area contributed by atoms with Gasteiger partial charge in [0.2, 0.25) is 0 Å². The second kappa shape index (κ2) is 27.1. The fourth-order valence-electron chi connectivity index (χ4n) is 4.19. The summed E-state index contributed by atoms with van der Waals surface area (Å²) in [4.78, 5) is 13.0. The van der Waals surface area contributed by atoms with Crippen LogP contribution in [0, 0.1) is 5.92 Å². The Morgan fingerprint density at radius 1 is 0.722 bits per heavy atom. The van der Waals surface area contributed by atoms with Crippen LogP contribution in [0.5, 0.6) is 0 Å². The molecule has 0 aliphatic rings. The van der Waals surface area contributed by atoms with Crippen molar-refractivity contribution in [3.8, 4) is 0 Å². The number of hydrogen-bond donors (Lipinski definition) is 1. The summed E-state index contributed by atoms with van der Waals surface area (Å²) in [6.07, 6.45) is 26.6. The van der Waals surface area contributed by atoms with Gasteiger partial charge in [-0.3, -0.25) is 4.79 Å². The van der Waals surface area contributed by atoms with Gasteiger partial charge in [0.25, 0.3) is 0 Å². The average molecular weight is 512 g/mol. The normalized spacial score (nSPS) is 13.6. The summed E-state index contributed by atoms with van der Waals surface area (Å²) >= 11 is 0. The average Bonchev–Trinajstić information content (AvgIpc) is 2.85. The van der Waals surface area contributed by atoms with Gasteiger partial charge in [-0.25, -0.2) is 0 Å². The van der Waals surface area contributed by atoms with Crippen LogP contribution in [0.3, 0.4) is 0 Å². The molecule has 0 aliphatic carbocycles. The van der Waals surface area contributed by atoms with E-state index in [-0.39, 0.29) is 5.92 Å². The van der Waals surface area contributed by atoms with Crippen LogP contribution in [0.2, 0.25) is 0 Å². The molecular formula is C31H61NO4. The van der Waals surface area contributed by atoms with Gasteiger partial charge < -0.3 is 19.5 Å². The van der Waals surface area contributed by atoms with Gasteiger partial charge >= 0.3 is 5.97 Å². The standard InChI is InChI=1S/C31H61NO4/c1-5-6-7-8-16-19-22-25-35-27-30(32(3)4)28-36-26-23-20-17-14-12-10-9-11-13-15-18-21-24-29(2)31(33)34/h11,13,29-30H,5-10,12,14-28H2,1-4H3,(H,33,34)/b13-11-. The number of nitrogens with zero attached hydrogens (tertiary/aromatic N) is 1. The molecule has 0 saturated carbocycles. The van der Waals surface area contributed by atoms with Crippen molar-refractivity contribution in [3.05, 3.63) is 12.2 Å². The van der Waals surface area contributed by atoms with Crippen LogP contribution in [0.4, 0.5) is 0 Å². The number of hydrogen-bond acceptors (Lipinski definition) is 4. The van der Waals surface area contributed by atoms with E-state index < -0.39 is 5.97 Å². The predicted octanol–water partition coefficient (Wildman–Crippen LogP) is 8.27. The predicted molar refractivity (Wildman–Crippen MR) is 154 cm³/mol. The molecule has 36 heavy (non-hydrogen) atoms. The first-order valence-corrected chi connectivity index (χ1v) is 15.2. The monoisotopic (exact) mass is 511 g/mol. The number of ether oxygens (including phenoxy) is 2. The van der Waals surface area contributed by atoms with Gasteiger partial charge in [0.05, 0.1) is 25.2 Å². The lowest BCUT2D eigenvalue weighted by Crippen LogP contribution is -2.37. The molecule has 0 aromatic heterocycles. The molecule has 2 atom stereocenters. The summed E-state index contributed by atoms with van der Waals surface area (Å²) in [7, 11) is 4.23. The Hall–Kier alpha value is -0.910. The molecular weight excluding hydrogens is 450 g/mol. The second-order valence-corrected chi connectivity index (χ2v) is 10.8. The van der Waals surface area contributed by atoms with Crippen molar-refractivity contribution in [3.63, 3.8) is 0 Å².